The molecule has 0 heterocycles. The maximum atomic E-state index is 12.8. The number of ether oxygens (including phenoxy) is 1. The lowest BCUT2D eigenvalue weighted by Gasteiger charge is -2.15. The molecule has 1 atom stereocenters. The first-order valence-electron chi connectivity index (χ1n) is 10.5. The maximum absolute atomic E-state index is 12.8. The van der Waals surface area contributed by atoms with Gasteiger partial charge in [-0.2, -0.15) is 13.2 Å². The Labute approximate surface area is 184 Å². The van der Waals surface area contributed by atoms with E-state index in [1.54, 1.807) is 0 Å². The number of carboxylic acid groups (broad SMARTS) is 1. The number of halogens is 3. The molecule has 0 aliphatic heterocycles. The van der Waals surface area contributed by atoms with E-state index in [-0.39, 0.29) is 12.3 Å². The Morgan fingerprint density at radius 3 is 2.25 bits per heavy atom. The molecule has 1 unspecified atom stereocenters. The van der Waals surface area contributed by atoms with Crippen molar-refractivity contribution in [3.63, 3.8) is 0 Å². The van der Waals surface area contributed by atoms with Gasteiger partial charge in [0.15, 0.2) is 0 Å². The number of benzene rings is 3. The van der Waals surface area contributed by atoms with Gasteiger partial charge in [0.2, 0.25) is 0 Å². The zero-order valence-electron chi connectivity index (χ0n) is 17.3. The molecular weight excluding hydrogens is 417 g/mol. The molecule has 1 saturated carbocycles. The smallest absolute Gasteiger partial charge is 0.416 e. The molecule has 0 aromatic heterocycles. The third-order valence-corrected chi connectivity index (χ3v) is 5.77. The number of carbonyl (C=O) groups is 1. The van der Waals surface area contributed by atoms with Crippen LogP contribution >= 0.6 is 0 Å². The lowest BCUT2D eigenvalue weighted by Crippen LogP contribution is -2.08. The lowest BCUT2D eigenvalue weighted by atomic mass is 9.91. The Bertz CT molecular complexity index is 1070. The minimum absolute atomic E-state index is 0.0435. The quantitative estimate of drug-likeness (QED) is 0.414. The van der Waals surface area contributed by atoms with Crippen molar-refractivity contribution in [3.05, 3.63) is 89.5 Å². The zero-order valence-corrected chi connectivity index (χ0v) is 17.3. The Morgan fingerprint density at radius 1 is 0.969 bits per heavy atom. The number of hydrogen-bond acceptors (Lipinski definition) is 2. The van der Waals surface area contributed by atoms with Crippen LogP contribution in [-0.4, -0.2) is 11.1 Å². The number of carboxylic acids is 1. The number of rotatable bonds is 8. The fraction of sp³-hybridized carbons (Fsp3) is 0.269. The van der Waals surface area contributed by atoms with E-state index in [4.69, 9.17) is 9.84 Å². The molecule has 1 fully saturated rings. The van der Waals surface area contributed by atoms with Crippen molar-refractivity contribution in [1.29, 1.82) is 0 Å². The van der Waals surface area contributed by atoms with Crippen LogP contribution in [0.2, 0.25) is 0 Å². The molecule has 1 aliphatic rings. The molecule has 0 amide bonds. The van der Waals surface area contributed by atoms with E-state index in [1.807, 2.05) is 48.5 Å². The molecule has 0 bridgehead atoms. The topological polar surface area (TPSA) is 46.5 Å². The molecule has 3 aromatic rings. The fourth-order valence-electron chi connectivity index (χ4n) is 3.91. The van der Waals surface area contributed by atoms with Crippen molar-refractivity contribution < 1.29 is 27.8 Å². The Kier molecular flexibility index (Phi) is 6.21. The summed E-state index contributed by atoms with van der Waals surface area (Å²) in [5, 5.41) is 9.17. The van der Waals surface area contributed by atoms with E-state index in [1.165, 1.54) is 12.1 Å². The van der Waals surface area contributed by atoms with E-state index < -0.39 is 17.7 Å². The molecular formula is C26H23F3O3. The van der Waals surface area contributed by atoms with E-state index in [9.17, 15) is 18.0 Å². The first-order chi connectivity index (χ1) is 15.3. The van der Waals surface area contributed by atoms with Crippen LogP contribution in [0.15, 0.2) is 72.8 Å². The normalized spacial score (nSPS) is 14.7. The minimum Gasteiger partial charge on any atom is -0.489 e. The second-order valence-corrected chi connectivity index (χ2v) is 8.17. The summed E-state index contributed by atoms with van der Waals surface area (Å²) in [7, 11) is 0. The van der Waals surface area contributed by atoms with Crippen LogP contribution < -0.4 is 4.74 Å². The summed E-state index contributed by atoms with van der Waals surface area (Å²) in [6.07, 6.45) is -2.06. The lowest BCUT2D eigenvalue weighted by molar-refractivity contribution is -0.138. The van der Waals surface area contributed by atoms with Gasteiger partial charge in [-0.25, -0.2) is 0 Å². The van der Waals surface area contributed by atoms with E-state index in [0.717, 1.165) is 41.7 Å². The van der Waals surface area contributed by atoms with Crippen molar-refractivity contribution in [2.24, 2.45) is 5.92 Å². The highest BCUT2D eigenvalue weighted by Gasteiger charge is 2.33. The molecule has 0 radical (unpaired) electrons. The molecule has 166 valence electrons. The van der Waals surface area contributed by atoms with Crippen molar-refractivity contribution in [2.75, 3.05) is 0 Å². The van der Waals surface area contributed by atoms with Gasteiger partial charge in [0.05, 0.1) is 12.0 Å². The van der Waals surface area contributed by atoms with Crippen LogP contribution in [0.5, 0.6) is 5.75 Å². The Hall–Kier alpha value is -3.28. The van der Waals surface area contributed by atoms with Gasteiger partial charge in [0, 0.05) is 0 Å². The summed E-state index contributed by atoms with van der Waals surface area (Å²) >= 11 is 0. The second-order valence-electron chi connectivity index (χ2n) is 8.17. The molecule has 4 rings (SSSR count). The first kappa shape index (κ1) is 21.9. The molecule has 0 saturated heterocycles. The highest BCUT2D eigenvalue weighted by atomic mass is 19.4. The number of hydrogen-bond donors (Lipinski definition) is 1. The SMILES string of the molecule is O=C(O)CC(c1ccc(OCc2cccc(-c3ccc(C(F)(F)F)cc3)c2)cc1)C1CC1. The van der Waals surface area contributed by atoms with Crippen LogP contribution in [0.1, 0.15) is 41.9 Å². The third kappa shape index (κ3) is 5.49. The van der Waals surface area contributed by atoms with Crippen molar-refractivity contribution in [3.8, 4) is 16.9 Å². The monoisotopic (exact) mass is 440 g/mol. The molecule has 1 N–H and O–H groups in total. The van der Waals surface area contributed by atoms with Gasteiger partial charge in [0.1, 0.15) is 12.4 Å². The highest BCUT2D eigenvalue weighted by molar-refractivity contribution is 5.68. The van der Waals surface area contributed by atoms with Gasteiger partial charge in [-0.3, -0.25) is 4.79 Å². The number of alkyl halides is 3. The highest BCUT2D eigenvalue weighted by Crippen LogP contribution is 2.44. The molecule has 3 aromatic carbocycles. The molecule has 6 heteroatoms. The average molecular weight is 440 g/mol. The standard InChI is InChI=1S/C26H23F3O3/c27-26(28,29)22-10-6-18(7-11-22)21-3-1-2-17(14-21)16-32-23-12-8-20(9-13-23)24(15-25(30)31)19-4-5-19/h1-3,6-14,19,24H,4-5,15-16H2,(H,30,31). The van der Waals surface area contributed by atoms with E-state index in [0.29, 0.717) is 23.8 Å². The number of aliphatic carboxylic acids is 1. The molecule has 1 aliphatic carbocycles. The summed E-state index contributed by atoms with van der Waals surface area (Å²) in [6, 6.07) is 20.2. The minimum atomic E-state index is -4.35. The maximum Gasteiger partial charge on any atom is 0.416 e. The summed E-state index contributed by atoms with van der Waals surface area (Å²) < 4.78 is 44.2. The van der Waals surface area contributed by atoms with Crippen LogP contribution in [-0.2, 0) is 17.6 Å². The van der Waals surface area contributed by atoms with Crippen molar-refractivity contribution in [2.45, 2.75) is 38.0 Å². The van der Waals surface area contributed by atoms with Crippen LogP contribution in [0.25, 0.3) is 11.1 Å². The summed E-state index contributed by atoms with van der Waals surface area (Å²) in [6.45, 7) is 0.314. The summed E-state index contributed by atoms with van der Waals surface area (Å²) in [5.41, 5.74) is 2.76. The predicted octanol–water partition coefficient (Wildman–Crippen LogP) is 6.92. The van der Waals surface area contributed by atoms with Gasteiger partial charge < -0.3 is 9.84 Å². The Morgan fingerprint density at radius 2 is 1.66 bits per heavy atom. The van der Waals surface area contributed by atoms with Gasteiger partial charge in [-0.15, -0.1) is 0 Å². The predicted molar refractivity (Wildman–Crippen MR) is 115 cm³/mol. The fourth-order valence-corrected chi connectivity index (χ4v) is 3.91. The second kappa shape index (κ2) is 9.07. The zero-order chi connectivity index (χ0) is 22.7. The first-order valence-corrected chi connectivity index (χ1v) is 10.5. The van der Waals surface area contributed by atoms with Crippen LogP contribution in [0.4, 0.5) is 13.2 Å². The van der Waals surface area contributed by atoms with Crippen molar-refractivity contribution >= 4 is 5.97 Å². The van der Waals surface area contributed by atoms with Gasteiger partial charge in [0.25, 0.3) is 0 Å². The van der Waals surface area contributed by atoms with Crippen molar-refractivity contribution in [1.82, 2.24) is 0 Å². The van der Waals surface area contributed by atoms with E-state index >= 15 is 0 Å². The molecule has 3 nitrogen and oxygen atoms in total. The molecule has 32 heavy (non-hydrogen) atoms. The van der Waals surface area contributed by atoms with Gasteiger partial charge >= 0.3 is 12.1 Å². The largest absolute Gasteiger partial charge is 0.489 e. The van der Waals surface area contributed by atoms with Gasteiger partial charge in [-0.05, 0) is 77.3 Å². The van der Waals surface area contributed by atoms with Crippen LogP contribution in [0, 0.1) is 5.92 Å². The summed E-state index contributed by atoms with van der Waals surface area (Å²) in [4.78, 5) is 11.2. The molecule has 0 spiro atoms. The summed E-state index contributed by atoms with van der Waals surface area (Å²) in [5.74, 6) is 0.390. The van der Waals surface area contributed by atoms with E-state index in [2.05, 4.69) is 0 Å². The van der Waals surface area contributed by atoms with Gasteiger partial charge in [-0.1, -0.05) is 42.5 Å². The Balaban J connectivity index is 1.40. The average Bonchev–Trinajstić information content (AvgIpc) is 3.61. The van der Waals surface area contributed by atoms with Crippen LogP contribution in [0.3, 0.4) is 0 Å². The third-order valence-electron chi connectivity index (χ3n) is 5.77.